The lowest BCUT2D eigenvalue weighted by Crippen LogP contribution is -2.37. The van der Waals surface area contributed by atoms with Crippen LogP contribution in [-0.2, 0) is 17.8 Å². The number of thioether (sulfide) groups is 1. The van der Waals surface area contributed by atoms with Gasteiger partial charge in [-0.1, -0.05) is 23.9 Å². The second kappa shape index (κ2) is 9.06. The van der Waals surface area contributed by atoms with Crippen LogP contribution in [0.4, 0.5) is 0 Å². The highest BCUT2D eigenvalue weighted by Gasteiger charge is 2.23. The molecule has 0 atom stereocenters. The van der Waals surface area contributed by atoms with E-state index in [0.717, 1.165) is 28.6 Å². The fraction of sp³-hybridized carbons (Fsp3) is 0.333. The minimum Gasteiger partial charge on any atom is -0.493 e. The molecule has 7 heteroatoms. The SMILES string of the molecule is COc1cc2c(cc1OC)CN(C(=O)CSc1nccn1-c1cccc(C)c1C)CC2. The topological polar surface area (TPSA) is 56.6 Å². The lowest BCUT2D eigenvalue weighted by molar-refractivity contribution is -0.129. The number of hydrogen-bond donors (Lipinski definition) is 0. The van der Waals surface area contributed by atoms with E-state index in [-0.39, 0.29) is 5.91 Å². The molecule has 31 heavy (non-hydrogen) atoms. The summed E-state index contributed by atoms with van der Waals surface area (Å²) in [5.41, 5.74) is 5.86. The van der Waals surface area contributed by atoms with E-state index in [1.54, 1.807) is 20.4 Å². The van der Waals surface area contributed by atoms with Gasteiger partial charge in [-0.2, -0.15) is 0 Å². The molecule has 162 valence electrons. The van der Waals surface area contributed by atoms with Gasteiger partial charge in [-0.25, -0.2) is 4.98 Å². The highest BCUT2D eigenvalue weighted by atomic mass is 32.2. The van der Waals surface area contributed by atoms with Crippen LogP contribution in [0, 0.1) is 13.8 Å². The molecule has 0 bridgehead atoms. The zero-order chi connectivity index (χ0) is 22.0. The molecule has 2 heterocycles. The van der Waals surface area contributed by atoms with E-state index in [4.69, 9.17) is 9.47 Å². The third kappa shape index (κ3) is 4.28. The van der Waals surface area contributed by atoms with Crippen LogP contribution >= 0.6 is 11.8 Å². The van der Waals surface area contributed by atoms with Crippen LogP contribution < -0.4 is 9.47 Å². The first-order valence-corrected chi connectivity index (χ1v) is 11.2. The molecule has 3 aromatic rings. The van der Waals surface area contributed by atoms with Crippen molar-refractivity contribution in [3.63, 3.8) is 0 Å². The first kappa shape index (κ1) is 21.3. The summed E-state index contributed by atoms with van der Waals surface area (Å²) < 4.78 is 12.9. The van der Waals surface area contributed by atoms with Crippen molar-refractivity contribution < 1.29 is 14.3 Å². The van der Waals surface area contributed by atoms with Gasteiger partial charge in [0, 0.05) is 25.5 Å². The number of methoxy groups -OCH3 is 2. The molecule has 1 aliphatic heterocycles. The molecular weight excluding hydrogens is 410 g/mol. The first-order chi connectivity index (χ1) is 15.0. The minimum atomic E-state index is 0.112. The molecule has 0 radical (unpaired) electrons. The van der Waals surface area contributed by atoms with Crippen LogP contribution in [0.3, 0.4) is 0 Å². The van der Waals surface area contributed by atoms with E-state index >= 15 is 0 Å². The molecule has 0 aliphatic carbocycles. The Bertz CT molecular complexity index is 1110. The van der Waals surface area contributed by atoms with Gasteiger partial charge in [0.05, 0.1) is 25.7 Å². The fourth-order valence-electron chi connectivity index (χ4n) is 3.89. The predicted octanol–water partition coefficient (Wildman–Crippen LogP) is 4.18. The molecule has 0 fully saturated rings. The van der Waals surface area contributed by atoms with Crippen molar-refractivity contribution in [1.29, 1.82) is 0 Å². The smallest absolute Gasteiger partial charge is 0.233 e. The minimum absolute atomic E-state index is 0.112. The summed E-state index contributed by atoms with van der Waals surface area (Å²) in [6, 6.07) is 10.2. The Kier molecular flexibility index (Phi) is 6.23. The third-order valence-electron chi connectivity index (χ3n) is 5.84. The Morgan fingerprint density at radius 3 is 2.61 bits per heavy atom. The lowest BCUT2D eigenvalue weighted by Gasteiger charge is -2.29. The zero-order valence-corrected chi connectivity index (χ0v) is 19.2. The number of nitrogens with zero attached hydrogens (tertiary/aromatic N) is 3. The van der Waals surface area contributed by atoms with E-state index in [1.807, 2.05) is 29.3 Å². The molecule has 0 saturated heterocycles. The summed E-state index contributed by atoms with van der Waals surface area (Å²) >= 11 is 1.48. The van der Waals surface area contributed by atoms with Crippen molar-refractivity contribution in [2.24, 2.45) is 0 Å². The average molecular weight is 438 g/mol. The van der Waals surface area contributed by atoms with E-state index < -0.39 is 0 Å². The maximum absolute atomic E-state index is 13.0. The number of amides is 1. The molecule has 1 amide bonds. The fourth-order valence-corrected chi connectivity index (χ4v) is 4.76. The van der Waals surface area contributed by atoms with Crippen molar-refractivity contribution in [2.45, 2.75) is 32.0 Å². The van der Waals surface area contributed by atoms with Gasteiger partial charge in [-0.05, 0) is 60.7 Å². The van der Waals surface area contributed by atoms with Crippen molar-refractivity contribution >= 4 is 17.7 Å². The van der Waals surface area contributed by atoms with Crippen LogP contribution in [-0.4, -0.2) is 46.9 Å². The second-order valence-electron chi connectivity index (χ2n) is 7.63. The Labute approximate surface area is 187 Å². The number of aromatic nitrogens is 2. The summed E-state index contributed by atoms with van der Waals surface area (Å²) in [6.45, 7) is 5.50. The Morgan fingerprint density at radius 2 is 1.87 bits per heavy atom. The molecule has 0 spiro atoms. The highest BCUT2D eigenvalue weighted by molar-refractivity contribution is 7.99. The van der Waals surface area contributed by atoms with E-state index in [1.165, 1.54) is 28.5 Å². The van der Waals surface area contributed by atoms with Gasteiger partial charge in [0.1, 0.15) is 0 Å². The molecule has 4 rings (SSSR count). The van der Waals surface area contributed by atoms with E-state index in [0.29, 0.717) is 24.6 Å². The Hall–Kier alpha value is -2.93. The van der Waals surface area contributed by atoms with Crippen LogP contribution in [0.2, 0.25) is 0 Å². The summed E-state index contributed by atoms with van der Waals surface area (Å²) in [5.74, 6) is 1.89. The Morgan fingerprint density at radius 1 is 1.13 bits per heavy atom. The van der Waals surface area contributed by atoms with Gasteiger partial charge in [-0.3, -0.25) is 9.36 Å². The van der Waals surface area contributed by atoms with Crippen LogP contribution in [0.25, 0.3) is 5.69 Å². The summed E-state index contributed by atoms with van der Waals surface area (Å²) in [7, 11) is 3.27. The third-order valence-corrected chi connectivity index (χ3v) is 6.79. The number of rotatable bonds is 6. The number of aryl methyl sites for hydroxylation is 1. The van der Waals surface area contributed by atoms with E-state index in [9.17, 15) is 4.79 Å². The van der Waals surface area contributed by atoms with Crippen molar-refractivity contribution in [3.8, 4) is 17.2 Å². The van der Waals surface area contributed by atoms with Crippen molar-refractivity contribution in [1.82, 2.24) is 14.5 Å². The first-order valence-electron chi connectivity index (χ1n) is 10.3. The largest absolute Gasteiger partial charge is 0.493 e. The van der Waals surface area contributed by atoms with Crippen LogP contribution in [0.15, 0.2) is 47.9 Å². The standard InChI is InChI=1S/C24H27N3O3S/c1-16-6-5-7-20(17(16)2)27-11-9-25-24(27)31-15-23(28)26-10-8-18-12-21(29-3)22(30-4)13-19(18)14-26/h5-7,9,11-13H,8,10,14-15H2,1-4H3. The monoisotopic (exact) mass is 437 g/mol. The molecule has 0 saturated carbocycles. The maximum atomic E-state index is 13.0. The van der Waals surface area contributed by atoms with Gasteiger partial charge < -0.3 is 14.4 Å². The average Bonchev–Trinajstić information content (AvgIpc) is 3.26. The highest BCUT2D eigenvalue weighted by Crippen LogP contribution is 2.33. The summed E-state index contributed by atoms with van der Waals surface area (Å²) in [5, 5.41) is 0.825. The normalized spacial score (nSPS) is 13.1. The predicted molar refractivity (Wildman–Crippen MR) is 122 cm³/mol. The maximum Gasteiger partial charge on any atom is 0.233 e. The van der Waals surface area contributed by atoms with Crippen LogP contribution in [0.5, 0.6) is 11.5 Å². The number of benzene rings is 2. The number of fused-ring (bicyclic) bond motifs is 1. The second-order valence-corrected chi connectivity index (χ2v) is 8.57. The number of ether oxygens (including phenoxy) is 2. The molecule has 6 nitrogen and oxygen atoms in total. The van der Waals surface area contributed by atoms with Crippen molar-refractivity contribution in [3.05, 3.63) is 65.0 Å². The van der Waals surface area contributed by atoms with Crippen molar-refractivity contribution in [2.75, 3.05) is 26.5 Å². The molecule has 0 N–H and O–H groups in total. The molecule has 0 unspecified atom stereocenters. The summed E-state index contributed by atoms with van der Waals surface area (Å²) in [4.78, 5) is 19.4. The molecular formula is C24H27N3O3S. The number of imidazole rings is 1. The quantitative estimate of drug-likeness (QED) is 0.542. The lowest BCUT2D eigenvalue weighted by atomic mass is 9.99. The number of hydrogen-bond acceptors (Lipinski definition) is 5. The van der Waals surface area contributed by atoms with Gasteiger partial charge in [0.2, 0.25) is 5.91 Å². The van der Waals surface area contributed by atoms with Gasteiger partial charge in [0.25, 0.3) is 0 Å². The van der Waals surface area contributed by atoms with E-state index in [2.05, 4.69) is 35.5 Å². The summed E-state index contributed by atoms with van der Waals surface area (Å²) in [6.07, 6.45) is 4.54. The zero-order valence-electron chi connectivity index (χ0n) is 18.3. The number of carbonyl (C=O) groups is 1. The number of carbonyl (C=O) groups excluding carboxylic acids is 1. The van der Waals surface area contributed by atoms with Gasteiger partial charge >= 0.3 is 0 Å². The molecule has 1 aromatic heterocycles. The molecule has 2 aromatic carbocycles. The van der Waals surface area contributed by atoms with Crippen LogP contribution in [0.1, 0.15) is 22.3 Å². The van der Waals surface area contributed by atoms with Gasteiger partial charge in [0.15, 0.2) is 16.7 Å². The van der Waals surface area contributed by atoms with Gasteiger partial charge in [-0.15, -0.1) is 0 Å². The molecule has 1 aliphatic rings. The Balaban J connectivity index is 1.45.